The molecule has 1 aliphatic rings. The summed E-state index contributed by atoms with van der Waals surface area (Å²) in [7, 11) is 0. The molecule has 1 amide bonds. The Morgan fingerprint density at radius 1 is 1.52 bits per heavy atom. The molecule has 1 aromatic rings. The van der Waals surface area contributed by atoms with Crippen molar-refractivity contribution in [3.8, 4) is 5.75 Å². The van der Waals surface area contributed by atoms with Crippen LogP contribution >= 0.6 is 12.4 Å². The Bertz CT molecular complexity index is 476. The number of nitrogens with zero attached hydrogens (tertiary/aromatic N) is 1. The lowest BCUT2D eigenvalue weighted by Crippen LogP contribution is -2.48. The molecule has 0 bridgehead atoms. The van der Waals surface area contributed by atoms with E-state index in [0.717, 1.165) is 0 Å². The third kappa shape index (κ3) is 4.80. The zero-order valence-corrected chi connectivity index (χ0v) is 12.0. The summed E-state index contributed by atoms with van der Waals surface area (Å²) in [6, 6.07) is 5.76. The van der Waals surface area contributed by atoms with Gasteiger partial charge in [0.25, 0.3) is 5.91 Å². The van der Waals surface area contributed by atoms with Crippen LogP contribution in [0.2, 0.25) is 0 Å². The minimum Gasteiger partial charge on any atom is -0.435 e. The molecule has 0 radical (unpaired) electrons. The lowest BCUT2D eigenvalue weighted by Gasteiger charge is -2.32. The van der Waals surface area contributed by atoms with Gasteiger partial charge in [-0.15, -0.1) is 12.4 Å². The van der Waals surface area contributed by atoms with E-state index in [2.05, 4.69) is 4.74 Å². The number of ether oxygens (including phenoxy) is 2. The summed E-state index contributed by atoms with van der Waals surface area (Å²) < 4.78 is 34.0. The standard InChI is InChI=1S/C13H16F2N2O3.ClH/c14-13(15)20-10-3-1-2-9(6-10)12(18)17-4-5-19-11(7-16)8-17;/h1-3,6,11,13H,4-5,7-8,16H2;1H. The number of hydrogen-bond donors (Lipinski definition) is 1. The summed E-state index contributed by atoms with van der Waals surface area (Å²) in [4.78, 5) is 13.9. The number of carbonyl (C=O) groups excluding carboxylic acids is 1. The number of hydrogen-bond acceptors (Lipinski definition) is 4. The van der Waals surface area contributed by atoms with Crippen molar-refractivity contribution in [1.82, 2.24) is 4.90 Å². The number of morpholine rings is 1. The third-order valence-electron chi connectivity index (χ3n) is 3.00. The first-order valence-electron chi connectivity index (χ1n) is 6.26. The van der Waals surface area contributed by atoms with Crippen molar-refractivity contribution < 1.29 is 23.0 Å². The highest BCUT2D eigenvalue weighted by Gasteiger charge is 2.24. The summed E-state index contributed by atoms with van der Waals surface area (Å²) in [5, 5.41) is 0. The Hall–Kier alpha value is -1.44. The van der Waals surface area contributed by atoms with Crippen LogP contribution in [0.5, 0.6) is 5.75 Å². The second-order valence-electron chi connectivity index (χ2n) is 4.39. The van der Waals surface area contributed by atoms with Gasteiger partial charge >= 0.3 is 6.61 Å². The van der Waals surface area contributed by atoms with Crippen LogP contribution in [0.4, 0.5) is 8.78 Å². The summed E-state index contributed by atoms with van der Waals surface area (Å²) in [6.45, 7) is -1.31. The fourth-order valence-corrected chi connectivity index (χ4v) is 2.03. The molecule has 0 aliphatic carbocycles. The molecule has 21 heavy (non-hydrogen) atoms. The highest BCUT2D eigenvalue weighted by Crippen LogP contribution is 2.18. The van der Waals surface area contributed by atoms with Crippen molar-refractivity contribution in [1.29, 1.82) is 0 Å². The molecule has 8 heteroatoms. The maximum atomic E-state index is 12.3. The third-order valence-corrected chi connectivity index (χ3v) is 3.00. The van der Waals surface area contributed by atoms with Gasteiger partial charge in [-0.25, -0.2) is 0 Å². The van der Waals surface area contributed by atoms with Crippen LogP contribution in [0.25, 0.3) is 0 Å². The molecule has 1 aliphatic heterocycles. The molecule has 2 rings (SSSR count). The number of alkyl halides is 2. The lowest BCUT2D eigenvalue weighted by molar-refractivity contribution is -0.0499. The van der Waals surface area contributed by atoms with Gasteiger partial charge in [0.05, 0.1) is 12.7 Å². The number of amides is 1. The van der Waals surface area contributed by atoms with E-state index in [1.165, 1.54) is 18.2 Å². The molecule has 1 saturated heterocycles. The summed E-state index contributed by atoms with van der Waals surface area (Å²) in [5.41, 5.74) is 5.82. The lowest BCUT2D eigenvalue weighted by atomic mass is 10.1. The van der Waals surface area contributed by atoms with E-state index >= 15 is 0 Å². The first-order valence-corrected chi connectivity index (χ1v) is 6.26. The predicted molar refractivity (Wildman–Crippen MR) is 75.0 cm³/mol. The van der Waals surface area contributed by atoms with Crippen LogP contribution in [0.15, 0.2) is 24.3 Å². The summed E-state index contributed by atoms with van der Waals surface area (Å²) in [5.74, 6) is -0.277. The van der Waals surface area contributed by atoms with Gasteiger partial charge in [0.2, 0.25) is 0 Å². The second kappa shape index (κ2) is 8.11. The van der Waals surface area contributed by atoms with Crippen molar-refractivity contribution in [2.45, 2.75) is 12.7 Å². The van der Waals surface area contributed by atoms with E-state index in [4.69, 9.17) is 10.5 Å². The summed E-state index contributed by atoms with van der Waals surface area (Å²) in [6.07, 6.45) is -0.187. The first-order chi connectivity index (χ1) is 9.60. The van der Waals surface area contributed by atoms with Gasteiger partial charge in [0.15, 0.2) is 0 Å². The fraction of sp³-hybridized carbons (Fsp3) is 0.462. The highest BCUT2D eigenvalue weighted by molar-refractivity contribution is 5.94. The van der Waals surface area contributed by atoms with E-state index in [9.17, 15) is 13.6 Å². The molecule has 1 unspecified atom stereocenters. The van der Waals surface area contributed by atoms with Crippen LogP contribution in [-0.2, 0) is 4.74 Å². The quantitative estimate of drug-likeness (QED) is 0.912. The molecule has 0 aromatic heterocycles. The van der Waals surface area contributed by atoms with Crippen molar-refractivity contribution in [3.63, 3.8) is 0 Å². The van der Waals surface area contributed by atoms with E-state index in [0.29, 0.717) is 31.8 Å². The molecular weight excluding hydrogens is 306 g/mol. The largest absolute Gasteiger partial charge is 0.435 e. The van der Waals surface area contributed by atoms with Gasteiger partial charge in [-0.05, 0) is 18.2 Å². The van der Waals surface area contributed by atoms with Gasteiger partial charge in [0, 0.05) is 25.2 Å². The number of benzene rings is 1. The smallest absolute Gasteiger partial charge is 0.387 e. The van der Waals surface area contributed by atoms with Crippen molar-refractivity contribution in [2.24, 2.45) is 5.73 Å². The molecule has 118 valence electrons. The number of carbonyl (C=O) groups is 1. The van der Waals surface area contributed by atoms with Crippen LogP contribution < -0.4 is 10.5 Å². The fourth-order valence-electron chi connectivity index (χ4n) is 2.03. The minimum absolute atomic E-state index is 0. The molecule has 1 heterocycles. The van der Waals surface area contributed by atoms with Crippen LogP contribution in [0.3, 0.4) is 0 Å². The maximum Gasteiger partial charge on any atom is 0.387 e. The average Bonchev–Trinajstić information content (AvgIpc) is 2.46. The van der Waals surface area contributed by atoms with E-state index in [1.807, 2.05) is 0 Å². The molecule has 2 N–H and O–H groups in total. The van der Waals surface area contributed by atoms with Gasteiger partial charge in [-0.1, -0.05) is 6.07 Å². The van der Waals surface area contributed by atoms with E-state index < -0.39 is 6.61 Å². The Morgan fingerprint density at radius 2 is 2.29 bits per heavy atom. The molecule has 0 spiro atoms. The molecule has 0 saturated carbocycles. The zero-order valence-electron chi connectivity index (χ0n) is 11.2. The predicted octanol–water partition coefficient (Wildman–Crippen LogP) is 1.51. The summed E-state index contributed by atoms with van der Waals surface area (Å²) >= 11 is 0. The van der Waals surface area contributed by atoms with Crippen LogP contribution in [0.1, 0.15) is 10.4 Å². The SMILES string of the molecule is Cl.NCC1CN(C(=O)c2cccc(OC(F)F)c2)CCO1. The Balaban J connectivity index is 0.00000220. The van der Waals surface area contributed by atoms with Crippen LogP contribution in [0, 0.1) is 0 Å². The van der Waals surface area contributed by atoms with Crippen molar-refractivity contribution in [2.75, 3.05) is 26.2 Å². The van der Waals surface area contributed by atoms with Gasteiger partial charge in [0.1, 0.15) is 5.75 Å². The number of rotatable bonds is 4. The van der Waals surface area contributed by atoms with Gasteiger partial charge in [-0.3, -0.25) is 4.79 Å². The molecule has 1 fully saturated rings. The van der Waals surface area contributed by atoms with Crippen LogP contribution in [-0.4, -0.2) is 49.8 Å². The number of halogens is 3. The Morgan fingerprint density at radius 3 is 2.95 bits per heavy atom. The number of nitrogens with two attached hydrogens (primary N) is 1. The first kappa shape index (κ1) is 17.6. The average molecular weight is 323 g/mol. The highest BCUT2D eigenvalue weighted by atomic mass is 35.5. The van der Waals surface area contributed by atoms with Gasteiger partial charge < -0.3 is 20.1 Å². The molecule has 1 aromatic carbocycles. The van der Waals surface area contributed by atoms with Gasteiger partial charge in [-0.2, -0.15) is 8.78 Å². The maximum absolute atomic E-state index is 12.3. The zero-order chi connectivity index (χ0) is 14.5. The Labute approximate surface area is 127 Å². The minimum atomic E-state index is -2.91. The molecule has 5 nitrogen and oxygen atoms in total. The van der Waals surface area contributed by atoms with Crippen molar-refractivity contribution >= 4 is 18.3 Å². The molecule has 1 atom stereocenters. The Kier molecular flexibility index (Phi) is 6.80. The van der Waals surface area contributed by atoms with Crippen molar-refractivity contribution in [3.05, 3.63) is 29.8 Å². The van der Waals surface area contributed by atoms with E-state index in [1.54, 1.807) is 11.0 Å². The second-order valence-corrected chi connectivity index (χ2v) is 4.39. The molecular formula is C13H17ClF2N2O3. The normalized spacial score (nSPS) is 18.3. The monoisotopic (exact) mass is 322 g/mol. The topological polar surface area (TPSA) is 64.8 Å². The van der Waals surface area contributed by atoms with E-state index in [-0.39, 0.29) is 30.2 Å².